The lowest BCUT2D eigenvalue weighted by molar-refractivity contribution is -0.274. The Bertz CT molecular complexity index is 1110. The number of Topliss-reactive ketones (excluding diaryl/α,β-unsaturated/α-hetero) is 1. The van der Waals surface area contributed by atoms with Gasteiger partial charge in [-0.2, -0.15) is 0 Å². The number of hydrogen-bond acceptors (Lipinski definition) is 4. The van der Waals surface area contributed by atoms with E-state index in [0.29, 0.717) is 6.54 Å². The quantitative estimate of drug-likeness (QED) is 0.282. The lowest BCUT2D eigenvalue weighted by atomic mass is 9.86. The van der Waals surface area contributed by atoms with Crippen LogP contribution < -0.4 is 4.74 Å². The molecule has 4 nitrogen and oxygen atoms in total. The van der Waals surface area contributed by atoms with Crippen molar-refractivity contribution in [3.05, 3.63) is 95.3 Å². The molecule has 1 atom stereocenters. The topological polar surface area (TPSA) is 42.4 Å². The minimum Gasteiger partial charge on any atom is -0.406 e. The van der Waals surface area contributed by atoms with Gasteiger partial charge in [0.2, 0.25) is 0 Å². The summed E-state index contributed by atoms with van der Waals surface area (Å²) in [4.78, 5) is 18.1. The van der Waals surface area contributed by atoms with Gasteiger partial charge in [0.05, 0.1) is 6.54 Å². The average molecular weight is 529 g/mol. The van der Waals surface area contributed by atoms with Crippen LogP contribution in [0, 0.1) is 0 Å². The molecule has 0 fully saturated rings. The van der Waals surface area contributed by atoms with Crippen LogP contribution in [-0.2, 0) is 23.2 Å². The van der Waals surface area contributed by atoms with Gasteiger partial charge in [0.25, 0.3) is 0 Å². The molecule has 1 aromatic heterocycles. The van der Waals surface area contributed by atoms with Crippen LogP contribution >= 0.6 is 0 Å². The number of pyridine rings is 1. The van der Waals surface area contributed by atoms with Gasteiger partial charge in [-0.25, -0.2) is 0 Å². The highest BCUT2D eigenvalue weighted by molar-refractivity contribution is 5.77. The van der Waals surface area contributed by atoms with Crippen LogP contribution in [0.25, 0.3) is 0 Å². The molecule has 0 spiro atoms. The highest BCUT2D eigenvalue weighted by Crippen LogP contribution is 2.27. The second-order valence-electron chi connectivity index (χ2n) is 10.5. The minimum absolute atomic E-state index is 0.149. The monoisotopic (exact) mass is 528 g/mol. The second kappa shape index (κ2) is 14.1. The van der Waals surface area contributed by atoms with Gasteiger partial charge in [-0.15, -0.1) is 13.2 Å². The summed E-state index contributed by atoms with van der Waals surface area (Å²) in [5.74, 6) is 0.00871. The van der Waals surface area contributed by atoms with E-state index in [1.54, 1.807) is 25.3 Å². The highest BCUT2D eigenvalue weighted by atomic mass is 19.4. The normalized spacial score (nSPS) is 12.5. The molecule has 0 amide bonds. The van der Waals surface area contributed by atoms with Crippen LogP contribution in [0.5, 0.6) is 5.75 Å². The Morgan fingerprint density at radius 1 is 0.974 bits per heavy atom. The summed E-state index contributed by atoms with van der Waals surface area (Å²) >= 11 is 0. The van der Waals surface area contributed by atoms with E-state index in [4.69, 9.17) is 0 Å². The molecule has 0 bridgehead atoms. The third kappa shape index (κ3) is 11.1. The molecule has 2 aromatic carbocycles. The number of aromatic nitrogens is 1. The van der Waals surface area contributed by atoms with Gasteiger partial charge in [0.1, 0.15) is 11.5 Å². The number of alkyl halides is 3. The van der Waals surface area contributed by atoms with Gasteiger partial charge in [0.15, 0.2) is 0 Å². The molecule has 0 saturated heterocycles. The molecule has 0 radical (unpaired) electrons. The maximum atomic E-state index is 11.8. The fraction of sp³-hybridized carbons (Fsp3) is 0.419. The summed E-state index contributed by atoms with van der Waals surface area (Å²) in [6, 6.07) is 18.9. The van der Waals surface area contributed by atoms with Crippen LogP contribution in [0.4, 0.5) is 13.2 Å². The zero-order valence-corrected chi connectivity index (χ0v) is 23.2. The maximum Gasteiger partial charge on any atom is 0.573 e. The van der Waals surface area contributed by atoms with Gasteiger partial charge in [-0.05, 0) is 66.1 Å². The van der Waals surface area contributed by atoms with Crippen LogP contribution in [0.1, 0.15) is 76.3 Å². The number of carbonyl (C=O) groups is 1. The summed E-state index contributed by atoms with van der Waals surface area (Å²) in [5, 5.41) is 0. The predicted molar refractivity (Wildman–Crippen MR) is 146 cm³/mol. The van der Waals surface area contributed by atoms with Crippen LogP contribution in [-0.4, -0.2) is 28.6 Å². The number of halogens is 3. The number of carbonyl (C=O) groups excluding carboxylic acids is 1. The molecule has 38 heavy (non-hydrogen) atoms. The number of benzene rings is 2. The number of ketones is 1. The smallest absolute Gasteiger partial charge is 0.406 e. The van der Waals surface area contributed by atoms with Crippen molar-refractivity contribution in [2.45, 2.75) is 78.7 Å². The first-order chi connectivity index (χ1) is 17.8. The third-order valence-corrected chi connectivity index (χ3v) is 6.04. The van der Waals surface area contributed by atoms with E-state index in [1.165, 1.54) is 23.3 Å². The molecule has 7 heteroatoms. The third-order valence-electron chi connectivity index (χ3n) is 6.04. The van der Waals surface area contributed by atoms with Crippen molar-refractivity contribution in [2.24, 2.45) is 0 Å². The van der Waals surface area contributed by atoms with Crippen molar-refractivity contribution >= 4 is 5.78 Å². The Kier molecular flexibility index (Phi) is 11.5. The molecule has 0 aliphatic carbocycles. The molecule has 206 valence electrons. The summed E-state index contributed by atoms with van der Waals surface area (Å²) in [6.45, 7) is 13.6. The number of hydrogen-bond donors (Lipinski definition) is 0. The first-order valence-electron chi connectivity index (χ1n) is 12.9. The van der Waals surface area contributed by atoms with Gasteiger partial charge in [-0.1, -0.05) is 76.6 Å². The molecule has 1 unspecified atom stereocenters. The highest BCUT2D eigenvalue weighted by Gasteiger charge is 2.30. The van der Waals surface area contributed by atoms with E-state index in [0.717, 1.165) is 30.5 Å². The lowest BCUT2D eigenvalue weighted by Crippen LogP contribution is -2.31. The summed E-state index contributed by atoms with van der Waals surface area (Å²) in [6.07, 6.45) is 0.869. The standard InChI is InChI=1S/C21H28N2O.C10H11F3O/c1-16(24)14-23(15-18-7-6-12-22-13-18)17(2)19-8-10-20(11-9-19)21(3,4)5;1-2-3-8-4-6-9(7-5-8)14-10(11,12)13/h6-13,17H,14-15H2,1-5H3;4-7H,2-3H2,1H3. The number of aryl methyl sites for hydroxylation is 1. The van der Waals surface area contributed by atoms with Gasteiger partial charge in [-0.3, -0.25) is 14.7 Å². The van der Waals surface area contributed by atoms with Gasteiger partial charge >= 0.3 is 6.36 Å². The van der Waals surface area contributed by atoms with Crippen molar-refractivity contribution in [3.8, 4) is 5.75 Å². The fourth-order valence-corrected chi connectivity index (χ4v) is 3.96. The van der Waals surface area contributed by atoms with Crippen molar-refractivity contribution in [3.63, 3.8) is 0 Å². The zero-order chi connectivity index (χ0) is 28.3. The van der Waals surface area contributed by atoms with Crippen LogP contribution in [0.3, 0.4) is 0 Å². The Morgan fingerprint density at radius 2 is 1.61 bits per heavy atom. The molecule has 0 N–H and O–H groups in total. The first kappa shape index (κ1) is 31.0. The van der Waals surface area contributed by atoms with Gasteiger partial charge < -0.3 is 4.74 Å². The van der Waals surface area contributed by atoms with Crippen molar-refractivity contribution in [1.82, 2.24) is 9.88 Å². The maximum absolute atomic E-state index is 11.8. The van der Waals surface area contributed by atoms with Gasteiger partial charge in [0, 0.05) is 25.0 Å². The lowest BCUT2D eigenvalue weighted by Gasteiger charge is -2.29. The van der Waals surface area contributed by atoms with Crippen LogP contribution in [0.2, 0.25) is 0 Å². The molecular formula is C31H39F3N2O2. The van der Waals surface area contributed by atoms with E-state index < -0.39 is 6.36 Å². The van der Waals surface area contributed by atoms with E-state index in [2.05, 4.69) is 72.6 Å². The average Bonchev–Trinajstić information content (AvgIpc) is 2.84. The SMILES string of the molecule is CC(=O)CN(Cc1cccnc1)C(C)c1ccc(C(C)(C)C)cc1.CCCc1ccc(OC(F)(F)F)cc1. The summed E-state index contributed by atoms with van der Waals surface area (Å²) < 4.78 is 39.0. The molecule has 3 rings (SSSR count). The first-order valence-corrected chi connectivity index (χ1v) is 12.9. The van der Waals surface area contributed by atoms with Crippen molar-refractivity contribution in [2.75, 3.05) is 6.54 Å². The van der Waals surface area contributed by atoms with Crippen molar-refractivity contribution < 1.29 is 22.7 Å². The van der Waals surface area contributed by atoms with Crippen LogP contribution in [0.15, 0.2) is 73.1 Å². The minimum atomic E-state index is -4.60. The van der Waals surface area contributed by atoms with E-state index in [1.807, 2.05) is 19.2 Å². The Labute approximate surface area is 224 Å². The number of ether oxygens (including phenoxy) is 1. The van der Waals surface area contributed by atoms with Crippen molar-refractivity contribution in [1.29, 1.82) is 0 Å². The molecule has 0 aliphatic rings. The molecule has 0 aliphatic heterocycles. The van der Waals surface area contributed by atoms with E-state index >= 15 is 0 Å². The molecule has 1 heterocycles. The predicted octanol–water partition coefficient (Wildman–Crippen LogP) is 8.07. The van der Waals surface area contributed by atoms with E-state index in [-0.39, 0.29) is 23.0 Å². The summed E-state index contributed by atoms with van der Waals surface area (Å²) in [5.41, 5.74) is 4.84. The number of nitrogens with zero attached hydrogens (tertiary/aromatic N) is 2. The molecular weight excluding hydrogens is 489 g/mol. The second-order valence-corrected chi connectivity index (χ2v) is 10.5. The fourth-order valence-electron chi connectivity index (χ4n) is 3.96. The Hall–Kier alpha value is -3.19. The number of rotatable bonds is 9. The zero-order valence-electron chi connectivity index (χ0n) is 23.2. The van der Waals surface area contributed by atoms with E-state index in [9.17, 15) is 18.0 Å². The molecule has 3 aromatic rings. The summed E-state index contributed by atoms with van der Waals surface area (Å²) in [7, 11) is 0. The largest absolute Gasteiger partial charge is 0.573 e. The Morgan fingerprint density at radius 3 is 2.08 bits per heavy atom. The molecule has 0 saturated carbocycles. The Balaban J connectivity index is 0.000000308.